The van der Waals surface area contributed by atoms with Gasteiger partial charge < -0.3 is 14.7 Å². The van der Waals surface area contributed by atoms with Gasteiger partial charge in [-0.15, -0.1) is 0 Å². The molecule has 1 aromatic heterocycles. The van der Waals surface area contributed by atoms with Crippen molar-refractivity contribution in [3.8, 4) is 0 Å². The molecule has 1 N–H and O–H groups in total. The standard InChI is InChI=1S/C16H23N3O4/c1-16(2,3)23-15(22)19-9-8-18(13(11-19)14(20)21)10-12-4-6-17-7-5-12/h4-7,13H,8-11H2,1-3H3,(H,20,21). The number of rotatable bonds is 3. The van der Waals surface area contributed by atoms with Crippen molar-refractivity contribution < 1.29 is 19.4 Å². The second-order valence-corrected chi connectivity index (χ2v) is 6.61. The molecule has 0 spiro atoms. The van der Waals surface area contributed by atoms with Crippen LogP contribution in [0.1, 0.15) is 26.3 Å². The molecule has 1 atom stereocenters. The maximum absolute atomic E-state index is 12.1. The van der Waals surface area contributed by atoms with Gasteiger partial charge in [0.15, 0.2) is 0 Å². The Morgan fingerprint density at radius 3 is 2.52 bits per heavy atom. The van der Waals surface area contributed by atoms with Crippen LogP contribution in [0.4, 0.5) is 4.79 Å². The lowest BCUT2D eigenvalue weighted by atomic mass is 10.1. The highest BCUT2D eigenvalue weighted by Gasteiger charge is 2.35. The minimum absolute atomic E-state index is 0.120. The summed E-state index contributed by atoms with van der Waals surface area (Å²) in [4.78, 5) is 31.0. The molecule has 7 nitrogen and oxygen atoms in total. The number of aliphatic carboxylic acids is 1. The summed E-state index contributed by atoms with van der Waals surface area (Å²) in [7, 11) is 0. The van der Waals surface area contributed by atoms with E-state index in [2.05, 4.69) is 4.98 Å². The number of hydrogen-bond acceptors (Lipinski definition) is 5. The summed E-state index contributed by atoms with van der Waals surface area (Å²) < 4.78 is 5.33. The number of ether oxygens (including phenoxy) is 1. The third-order valence-electron chi connectivity index (χ3n) is 3.56. The number of carbonyl (C=O) groups is 2. The van der Waals surface area contributed by atoms with Gasteiger partial charge in [0.2, 0.25) is 0 Å². The average Bonchev–Trinajstić information content (AvgIpc) is 2.46. The molecule has 0 aromatic carbocycles. The number of aromatic nitrogens is 1. The van der Waals surface area contributed by atoms with Crippen molar-refractivity contribution in [1.82, 2.24) is 14.8 Å². The van der Waals surface area contributed by atoms with Gasteiger partial charge in [0.1, 0.15) is 11.6 Å². The Morgan fingerprint density at radius 2 is 1.96 bits per heavy atom. The van der Waals surface area contributed by atoms with Crippen molar-refractivity contribution in [3.05, 3.63) is 30.1 Å². The lowest BCUT2D eigenvalue weighted by molar-refractivity contribution is -0.145. The van der Waals surface area contributed by atoms with Crippen LogP contribution in [0.5, 0.6) is 0 Å². The van der Waals surface area contributed by atoms with Crippen molar-refractivity contribution in [1.29, 1.82) is 0 Å². The molecular formula is C16H23N3O4. The molecule has 1 aromatic rings. The first-order chi connectivity index (χ1) is 10.8. The molecule has 0 radical (unpaired) electrons. The number of piperazine rings is 1. The summed E-state index contributed by atoms with van der Waals surface area (Å²) in [5.74, 6) is -0.938. The molecule has 7 heteroatoms. The van der Waals surface area contributed by atoms with Gasteiger partial charge in [-0.2, -0.15) is 0 Å². The fourth-order valence-corrected chi connectivity index (χ4v) is 2.46. The van der Waals surface area contributed by atoms with Crippen molar-refractivity contribution in [2.75, 3.05) is 19.6 Å². The number of carbonyl (C=O) groups excluding carboxylic acids is 1. The van der Waals surface area contributed by atoms with Crippen molar-refractivity contribution in [3.63, 3.8) is 0 Å². The maximum atomic E-state index is 12.1. The molecule has 1 amide bonds. The van der Waals surface area contributed by atoms with Gasteiger partial charge in [0.05, 0.1) is 6.54 Å². The van der Waals surface area contributed by atoms with E-state index in [1.807, 2.05) is 17.0 Å². The molecule has 2 heterocycles. The zero-order valence-corrected chi connectivity index (χ0v) is 13.7. The molecule has 1 saturated heterocycles. The summed E-state index contributed by atoms with van der Waals surface area (Å²) >= 11 is 0. The Morgan fingerprint density at radius 1 is 1.30 bits per heavy atom. The molecule has 0 bridgehead atoms. The Bertz CT molecular complexity index is 556. The summed E-state index contributed by atoms with van der Waals surface area (Å²) in [5, 5.41) is 9.49. The van der Waals surface area contributed by atoms with Crippen molar-refractivity contribution >= 4 is 12.1 Å². The third kappa shape index (κ3) is 4.92. The zero-order valence-electron chi connectivity index (χ0n) is 13.7. The van der Waals surface area contributed by atoms with E-state index >= 15 is 0 Å². The predicted molar refractivity (Wildman–Crippen MR) is 83.9 cm³/mol. The van der Waals surface area contributed by atoms with E-state index in [0.29, 0.717) is 19.6 Å². The van der Waals surface area contributed by atoms with Gasteiger partial charge in [0.25, 0.3) is 0 Å². The van der Waals surface area contributed by atoms with E-state index in [-0.39, 0.29) is 6.54 Å². The molecule has 1 aliphatic heterocycles. The number of pyridine rings is 1. The summed E-state index contributed by atoms with van der Waals surface area (Å²) in [6.45, 7) is 6.94. The van der Waals surface area contributed by atoms with Gasteiger partial charge >= 0.3 is 12.1 Å². The second-order valence-electron chi connectivity index (χ2n) is 6.61. The largest absolute Gasteiger partial charge is 0.480 e. The van der Waals surface area contributed by atoms with Crippen LogP contribution in [0.2, 0.25) is 0 Å². The molecule has 1 fully saturated rings. The van der Waals surface area contributed by atoms with Crippen LogP contribution in [0.3, 0.4) is 0 Å². The Labute approximate surface area is 135 Å². The molecule has 2 rings (SSSR count). The normalized spacial score (nSPS) is 19.4. The minimum atomic E-state index is -0.938. The first-order valence-electron chi connectivity index (χ1n) is 7.60. The Kier molecular flexibility index (Phi) is 5.20. The van der Waals surface area contributed by atoms with Gasteiger partial charge in [-0.3, -0.25) is 14.7 Å². The van der Waals surface area contributed by atoms with Crippen LogP contribution in [0, 0.1) is 0 Å². The maximum Gasteiger partial charge on any atom is 0.410 e. The molecular weight excluding hydrogens is 298 g/mol. The van der Waals surface area contributed by atoms with E-state index in [1.165, 1.54) is 4.90 Å². The number of carboxylic acids is 1. The fourth-order valence-electron chi connectivity index (χ4n) is 2.46. The molecule has 1 unspecified atom stereocenters. The fraction of sp³-hybridized carbons (Fsp3) is 0.562. The van der Waals surface area contributed by atoms with Gasteiger partial charge in [0, 0.05) is 32.0 Å². The van der Waals surface area contributed by atoms with Crippen LogP contribution >= 0.6 is 0 Å². The molecule has 0 saturated carbocycles. The number of hydrogen-bond donors (Lipinski definition) is 1. The smallest absolute Gasteiger partial charge is 0.410 e. The SMILES string of the molecule is CC(C)(C)OC(=O)N1CCN(Cc2ccncc2)C(C(=O)O)C1. The van der Waals surface area contributed by atoms with E-state index in [1.54, 1.807) is 33.2 Å². The van der Waals surface area contributed by atoms with Gasteiger partial charge in [-0.05, 0) is 38.5 Å². The molecule has 126 valence electrons. The van der Waals surface area contributed by atoms with E-state index in [0.717, 1.165) is 5.56 Å². The molecule has 0 aliphatic carbocycles. The molecule has 23 heavy (non-hydrogen) atoms. The number of nitrogens with zero attached hydrogens (tertiary/aromatic N) is 3. The van der Waals surface area contributed by atoms with Gasteiger partial charge in [-0.25, -0.2) is 4.79 Å². The Balaban J connectivity index is 2.03. The monoisotopic (exact) mass is 321 g/mol. The van der Waals surface area contributed by atoms with Crippen molar-refractivity contribution in [2.24, 2.45) is 0 Å². The average molecular weight is 321 g/mol. The quantitative estimate of drug-likeness (QED) is 0.910. The second kappa shape index (κ2) is 6.95. The summed E-state index contributed by atoms with van der Waals surface area (Å²) in [5.41, 5.74) is 0.404. The number of amides is 1. The lowest BCUT2D eigenvalue weighted by Gasteiger charge is -2.39. The topological polar surface area (TPSA) is 83.0 Å². The highest BCUT2D eigenvalue weighted by Crippen LogP contribution is 2.17. The third-order valence-corrected chi connectivity index (χ3v) is 3.56. The van der Waals surface area contributed by atoms with Crippen LogP contribution in [0.25, 0.3) is 0 Å². The predicted octanol–water partition coefficient (Wildman–Crippen LogP) is 1.59. The minimum Gasteiger partial charge on any atom is -0.480 e. The lowest BCUT2D eigenvalue weighted by Crippen LogP contribution is -2.57. The van der Waals surface area contributed by atoms with E-state index in [9.17, 15) is 14.7 Å². The summed E-state index contributed by atoms with van der Waals surface area (Å²) in [6.07, 6.45) is 2.90. The zero-order chi connectivity index (χ0) is 17.0. The van der Waals surface area contributed by atoms with Crippen molar-refractivity contribution in [2.45, 2.75) is 39.0 Å². The summed E-state index contributed by atoms with van der Waals surface area (Å²) in [6, 6.07) is 2.97. The highest BCUT2D eigenvalue weighted by molar-refractivity contribution is 5.76. The van der Waals surface area contributed by atoms with E-state index in [4.69, 9.17) is 4.74 Å². The van der Waals surface area contributed by atoms with Crippen LogP contribution in [0.15, 0.2) is 24.5 Å². The van der Waals surface area contributed by atoms with E-state index < -0.39 is 23.7 Å². The van der Waals surface area contributed by atoms with Crippen LogP contribution < -0.4 is 0 Å². The highest BCUT2D eigenvalue weighted by atomic mass is 16.6. The van der Waals surface area contributed by atoms with Crippen LogP contribution in [-0.2, 0) is 16.1 Å². The molecule has 1 aliphatic rings. The number of carboxylic acid groups (broad SMARTS) is 1. The first kappa shape index (κ1) is 17.2. The van der Waals surface area contributed by atoms with Gasteiger partial charge in [-0.1, -0.05) is 0 Å². The van der Waals surface area contributed by atoms with Crippen LogP contribution in [-0.4, -0.2) is 63.2 Å². The Hall–Kier alpha value is -2.15. The first-order valence-corrected chi connectivity index (χ1v) is 7.60.